The van der Waals surface area contributed by atoms with Crippen LogP contribution in [0.25, 0.3) is 5.69 Å². The van der Waals surface area contributed by atoms with E-state index >= 15 is 0 Å². The van der Waals surface area contributed by atoms with Crippen LogP contribution in [-0.4, -0.2) is 33.6 Å². The van der Waals surface area contributed by atoms with E-state index in [4.69, 9.17) is 0 Å². The summed E-state index contributed by atoms with van der Waals surface area (Å²) in [6.07, 6.45) is 3.61. The molecule has 0 aliphatic carbocycles. The van der Waals surface area contributed by atoms with Gasteiger partial charge in [0.05, 0.1) is 11.4 Å². The molecule has 1 aromatic carbocycles. The Labute approximate surface area is 125 Å². The highest BCUT2D eigenvalue weighted by atomic mass is 16.1. The number of nitrogens with zero attached hydrogens (tertiary/aromatic N) is 3. The Kier molecular flexibility index (Phi) is 4.15. The fourth-order valence-electron chi connectivity index (χ4n) is 2.88. The Morgan fingerprint density at radius 1 is 1.24 bits per heavy atom. The quantitative estimate of drug-likeness (QED) is 0.866. The first kappa shape index (κ1) is 14.0. The summed E-state index contributed by atoms with van der Waals surface area (Å²) >= 11 is 0. The van der Waals surface area contributed by atoms with Crippen LogP contribution in [0.5, 0.6) is 0 Å². The standard InChI is InChI=1S/C17H21N3O/c1-2-14-12-19(10-9-17(14)21)13-15-8-11-20(18-15)16-6-4-3-5-7-16/h3-8,11,14H,2,9-10,12-13H2,1H3. The van der Waals surface area contributed by atoms with E-state index in [1.54, 1.807) is 0 Å². The predicted molar refractivity (Wildman–Crippen MR) is 82.2 cm³/mol. The van der Waals surface area contributed by atoms with E-state index in [9.17, 15) is 4.79 Å². The summed E-state index contributed by atoms with van der Waals surface area (Å²) in [5.41, 5.74) is 2.13. The Morgan fingerprint density at radius 3 is 2.81 bits per heavy atom. The molecule has 1 saturated heterocycles. The van der Waals surface area contributed by atoms with Crippen LogP contribution in [0.15, 0.2) is 42.6 Å². The second-order valence-corrected chi connectivity index (χ2v) is 5.64. The van der Waals surface area contributed by atoms with Gasteiger partial charge in [-0.15, -0.1) is 0 Å². The Hall–Kier alpha value is -1.94. The molecule has 1 aliphatic heterocycles. The Balaban J connectivity index is 1.66. The highest BCUT2D eigenvalue weighted by Gasteiger charge is 2.25. The molecular weight excluding hydrogens is 262 g/mol. The molecule has 0 bridgehead atoms. The number of benzene rings is 1. The molecular formula is C17H21N3O. The molecule has 1 unspecified atom stereocenters. The maximum absolute atomic E-state index is 11.8. The molecule has 1 fully saturated rings. The van der Waals surface area contributed by atoms with Gasteiger partial charge in [-0.1, -0.05) is 25.1 Å². The second kappa shape index (κ2) is 6.22. The predicted octanol–water partition coefficient (Wildman–Crippen LogP) is 2.67. The van der Waals surface area contributed by atoms with Gasteiger partial charge in [0.1, 0.15) is 5.78 Å². The van der Waals surface area contributed by atoms with E-state index in [1.807, 2.05) is 41.2 Å². The lowest BCUT2D eigenvalue weighted by Crippen LogP contribution is -2.40. The molecule has 0 N–H and O–H groups in total. The number of carbonyl (C=O) groups is 1. The minimum Gasteiger partial charge on any atom is -0.299 e. The smallest absolute Gasteiger partial charge is 0.138 e. The van der Waals surface area contributed by atoms with Crippen molar-refractivity contribution in [2.24, 2.45) is 5.92 Å². The zero-order valence-electron chi connectivity index (χ0n) is 12.4. The van der Waals surface area contributed by atoms with Crippen molar-refractivity contribution >= 4 is 5.78 Å². The molecule has 21 heavy (non-hydrogen) atoms. The van der Waals surface area contributed by atoms with E-state index in [2.05, 4.69) is 23.0 Å². The molecule has 2 aromatic rings. The fraction of sp³-hybridized carbons (Fsp3) is 0.412. The van der Waals surface area contributed by atoms with Crippen molar-refractivity contribution < 1.29 is 4.79 Å². The number of likely N-dealkylation sites (tertiary alicyclic amines) is 1. The average Bonchev–Trinajstić information content (AvgIpc) is 2.98. The van der Waals surface area contributed by atoms with E-state index in [-0.39, 0.29) is 5.92 Å². The van der Waals surface area contributed by atoms with Crippen LogP contribution < -0.4 is 0 Å². The minimum atomic E-state index is 0.204. The van der Waals surface area contributed by atoms with Crippen molar-refractivity contribution in [2.45, 2.75) is 26.3 Å². The first-order valence-electron chi connectivity index (χ1n) is 7.61. The maximum atomic E-state index is 11.8. The van der Waals surface area contributed by atoms with Gasteiger partial charge in [-0.3, -0.25) is 9.69 Å². The van der Waals surface area contributed by atoms with Crippen molar-refractivity contribution in [3.63, 3.8) is 0 Å². The Morgan fingerprint density at radius 2 is 2.05 bits per heavy atom. The van der Waals surface area contributed by atoms with E-state index < -0.39 is 0 Å². The van der Waals surface area contributed by atoms with E-state index in [0.29, 0.717) is 12.2 Å². The molecule has 0 amide bonds. The highest BCUT2D eigenvalue weighted by Crippen LogP contribution is 2.18. The number of aromatic nitrogens is 2. The first-order valence-corrected chi connectivity index (χ1v) is 7.61. The SMILES string of the molecule is CCC1CN(Cc2ccn(-c3ccccc3)n2)CCC1=O. The third-order valence-electron chi connectivity index (χ3n) is 4.15. The van der Waals surface area contributed by atoms with Crippen molar-refractivity contribution in [3.05, 3.63) is 48.3 Å². The Bertz CT molecular complexity index is 606. The minimum absolute atomic E-state index is 0.204. The summed E-state index contributed by atoms with van der Waals surface area (Å²) in [7, 11) is 0. The van der Waals surface area contributed by atoms with Crippen LogP contribution in [0.3, 0.4) is 0 Å². The van der Waals surface area contributed by atoms with Gasteiger partial charge in [-0.05, 0) is 24.6 Å². The number of hydrogen-bond acceptors (Lipinski definition) is 3. The van der Waals surface area contributed by atoms with Gasteiger partial charge in [0, 0.05) is 38.2 Å². The van der Waals surface area contributed by atoms with Crippen molar-refractivity contribution in [1.29, 1.82) is 0 Å². The summed E-state index contributed by atoms with van der Waals surface area (Å²) in [6.45, 7) is 4.64. The monoisotopic (exact) mass is 283 g/mol. The summed E-state index contributed by atoms with van der Waals surface area (Å²) in [5.74, 6) is 0.624. The summed E-state index contributed by atoms with van der Waals surface area (Å²) in [6, 6.07) is 12.2. The van der Waals surface area contributed by atoms with Gasteiger partial charge < -0.3 is 0 Å². The largest absolute Gasteiger partial charge is 0.299 e. The summed E-state index contributed by atoms with van der Waals surface area (Å²) in [5, 5.41) is 4.63. The third kappa shape index (κ3) is 3.22. The number of hydrogen-bond donors (Lipinski definition) is 0. The molecule has 2 heterocycles. The molecule has 110 valence electrons. The molecule has 0 saturated carbocycles. The molecule has 1 aromatic heterocycles. The van der Waals surface area contributed by atoms with Gasteiger partial charge in [-0.25, -0.2) is 4.68 Å². The molecule has 0 radical (unpaired) electrons. The van der Waals surface area contributed by atoms with Crippen molar-refractivity contribution in [1.82, 2.24) is 14.7 Å². The molecule has 3 rings (SSSR count). The first-order chi connectivity index (χ1) is 10.3. The number of rotatable bonds is 4. The summed E-state index contributed by atoms with van der Waals surface area (Å²) in [4.78, 5) is 14.1. The molecule has 0 spiro atoms. The second-order valence-electron chi connectivity index (χ2n) is 5.64. The number of para-hydroxylation sites is 1. The van der Waals surface area contributed by atoms with E-state index in [0.717, 1.165) is 37.4 Å². The zero-order chi connectivity index (χ0) is 14.7. The van der Waals surface area contributed by atoms with Gasteiger partial charge in [0.15, 0.2) is 0 Å². The van der Waals surface area contributed by atoms with Crippen LogP contribution in [0.1, 0.15) is 25.5 Å². The van der Waals surface area contributed by atoms with Crippen LogP contribution in [0, 0.1) is 5.92 Å². The third-order valence-corrected chi connectivity index (χ3v) is 4.15. The van der Waals surface area contributed by atoms with Gasteiger partial charge >= 0.3 is 0 Å². The topological polar surface area (TPSA) is 38.1 Å². The van der Waals surface area contributed by atoms with Gasteiger partial charge in [0.2, 0.25) is 0 Å². The highest BCUT2D eigenvalue weighted by molar-refractivity contribution is 5.82. The summed E-state index contributed by atoms with van der Waals surface area (Å²) < 4.78 is 1.90. The molecule has 1 aliphatic rings. The zero-order valence-corrected chi connectivity index (χ0v) is 12.4. The van der Waals surface area contributed by atoms with Crippen LogP contribution in [0.2, 0.25) is 0 Å². The lowest BCUT2D eigenvalue weighted by atomic mass is 9.94. The van der Waals surface area contributed by atoms with Gasteiger partial charge in [0.25, 0.3) is 0 Å². The normalized spacial score (nSPS) is 19.9. The number of ketones is 1. The molecule has 4 heteroatoms. The molecule has 1 atom stereocenters. The van der Waals surface area contributed by atoms with Gasteiger partial charge in [-0.2, -0.15) is 5.10 Å². The number of carbonyl (C=O) groups excluding carboxylic acids is 1. The number of piperidine rings is 1. The average molecular weight is 283 g/mol. The lowest BCUT2D eigenvalue weighted by molar-refractivity contribution is -0.126. The number of Topliss-reactive ketones (excluding diaryl/α,β-unsaturated/α-hetero) is 1. The van der Waals surface area contributed by atoms with Crippen LogP contribution in [0.4, 0.5) is 0 Å². The van der Waals surface area contributed by atoms with Crippen molar-refractivity contribution in [2.75, 3.05) is 13.1 Å². The van der Waals surface area contributed by atoms with E-state index in [1.165, 1.54) is 0 Å². The maximum Gasteiger partial charge on any atom is 0.138 e. The lowest BCUT2D eigenvalue weighted by Gasteiger charge is -2.30. The molecule has 4 nitrogen and oxygen atoms in total. The fourth-order valence-corrected chi connectivity index (χ4v) is 2.88. The van der Waals surface area contributed by atoms with Crippen LogP contribution in [-0.2, 0) is 11.3 Å². The van der Waals surface area contributed by atoms with Crippen LogP contribution >= 0.6 is 0 Å². The van der Waals surface area contributed by atoms with Crippen molar-refractivity contribution in [3.8, 4) is 5.69 Å².